The number of halogens is 1. The molecule has 0 unspecified atom stereocenters. The SMILES string of the molecule is COc1cccnc1NC(=S)NCc1cccc(F)c1. The van der Waals surface area contributed by atoms with Crippen molar-refractivity contribution in [1.29, 1.82) is 0 Å². The number of pyridine rings is 1. The molecular formula is C14H14FN3OS. The average Bonchev–Trinajstić information content (AvgIpc) is 2.46. The Morgan fingerprint density at radius 2 is 2.20 bits per heavy atom. The first-order chi connectivity index (χ1) is 9.69. The summed E-state index contributed by atoms with van der Waals surface area (Å²) in [6, 6.07) is 9.89. The molecule has 0 saturated heterocycles. The summed E-state index contributed by atoms with van der Waals surface area (Å²) in [5.74, 6) is 0.865. The van der Waals surface area contributed by atoms with Crippen molar-refractivity contribution in [2.75, 3.05) is 12.4 Å². The van der Waals surface area contributed by atoms with E-state index in [1.165, 1.54) is 12.1 Å². The quantitative estimate of drug-likeness (QED) is 0.848. The Kier molecular flexibility index (Phi) is 4.84. The van der Waals surface area contributed by atoms with Gasteiger partial charge < -0.3 is 15.4 Å². The van der Waals surface area contributed by atoms with Crippen LogP contribution in [0.25, 0.3) is 0 Å². The highest BCUT2D eigenvalue weighted by Gasteiger charge is 2.05. The van der Waals surface area contributed by atoms with Gasteiger partial charge in [-0.1, -0.05) is 12.1 Å². The zero-order chi connectivity index (χ0) is 14.4. The van der Waals surface area contributed by atoms with Gasteiger partial charge in [0.05, 0.1) is 7.11 Å². The monoisotopic (exact) mass is 291 g/mol. The molecule has 104 valence electrons. The second-order valence-corrected chi connectivity index (χ2v) is 4.40. The van der Waals surface area contributed by atoms with Gasteiger partial charge in [0.2, 0.25) is 0 Å². The fourth-order valence-corrected chi connectivity index (χ4v) is 1.80. The molecule has 20 heavy (non-hydrogen) atoms. The number of nitrogens with one attached hydrogen (secondary N) is 2. The molecule has 0 aliphatic heterocycles. The minimum Gasteiger partial charge on any atom is -0.493 e. The number of rotatable bonds is 4. The van der Waals surface area contributed by atoms with E-state index in [-0.39, 0.29) is 5.82 Å². The first-order valence-corrected chi connectivity index (χ1v) is 6.38. The lowest BCUT2D eigenvalue weighted by Crippen LogP contribution is -2.28. The van der Waals surface area contributed by atoms with Crippen LogP contribution in [0.1, 0.15) is 5.56 Å². The van der Waals surface area contributed by atoms with Crippen LogP contribution < -0.4 is 15.4 Å². The molecule has 1 heterocycles. The van der Waals surface area contributed by atoms with Crippen LogP contribution in [0.2, 0.25) is 0 Å². The van der Waals surface area contributed by atoms with E-state index in [9.17, 15) is 4.39 Å². The van der Waals surface area contributed by atoms with Gasteiger partial charge in [-0.3, -0.25) is 0 Å². The molecule has 0 bridgehead atoms. The fourth-order valence-electron chi connectivity index (χ4n) is 1.63. The average molecular weight is 291 g/mol. The topological polar surface area (TPSA) is 46.2 Å². The lowest BCUT2D eigenvalue weighted by Gasteiger charge is -2.12. The molecule has 0 fully saturated rings. The zero-order valence-corrected chi connectivity index (χ0v) is 11.7. The maximum atomic E-state index is 13.0. The standard InChI is InChI=1S/C14H14FN3OS/c1-19-12-6-3-7-16-13(12)18-14(20)17-9-10-4-2-5-11(15)8-10/h2-8H,9H2,1H3,(H2,16,17,18,20). The van der Waals surface area contributed by atoms with E-state index in [2.05, 4.69) is 15.6 Å². The summed E-state index contributed by atoms with van der Waals surface area (Å²) in [5.41, 5.74) is 0.808. The molecule has 0 saturated carbocycles. The van der Waals surface area contributed by atoms with E-state index < -0.39 is 0 Å². The van der Waals surface area contributed by atoms with Gasteiger partial charge in [0.1, 0.15) is 5.82 Å². The number of anilines is 1. The molecule has 2 N–H and O–H groups in total. The number of hydrogen-bond acceptors (Lipinski definition) is 3. The van der Waals surface area contributed by atoms with Crippen molar-refractivity contribution in [2.45, 2.75) is 6.54 Å². The summed E-state index contributed by atoms with van der Waals surface area (Å²) >= 11 is 5.16. The first-order valence-electron chi connectivity index (χ1n) is 5.97. The third-order valence-electron chi connectivity index (χ3n) is 2.56. The molecule has 0 aliphatic rings. The van der Waals surface area contributed by atoms with Crippen molar-refractivity contribution in [3.8, 4) is 5.75 Å². The van der Waals surface area contributed by atoms with E-state index in [4.69, 9.17) is 17.0 Å². The number of ether oxygens (including phenoxy) is 1. The highest BCUT2D eigenvalue weighted by atomic mass is 32.1. The minimum absolute atomic E-state index is 0.269. The van der Waals surface area contributed by atoms with Crippen LogP contribution in [0, 0.1) is 5.82 Å². The minimum atomic E-state index is -0.269. The molecule has 2 rings (SSSR count). The van der Waals surface area contributed by atoms with Gasteiger partial charge in [0.25, 0.3) is 0 Å². The maximum Gasteiger partial charge on any atom is 0.174 e. The van der Waals surface area contributed by atoms with Crippen molar-refractivity contribution in [3.63, 3.8) is 0 Å². The van der Waals surface area contributed by atoms with Crippen LogP contribution in [-0.4, -0.2) is 17.2 Å². The van der Waals surface area contributed by atoms with E-state index in [1.807, 2.05) is 6.07 Å². The van der Waals surface area contributed by atoms with Crippen molar-refractivity contribution >= 4 is 23.1 Å². The van der Waals surface area contributed by atoms with Crippen molar-refractivity contribution in [1.82, 2.24) is 10.3 Å². The van der Waals surface area contributed by atoms with Crippen LogP contribution >= 0.6 is 12.2 Å². The predicted molar refractivity (Wildman–Crippen MR) is 80.2 cm³/mol. The highest BCUT2D eigenvalue weighted by molar-refractivity contribution is 7.80. The van der Waals surface area contributed by atoms with Gasteiger partial charge in [-0.25, -0.2) is 9.37 Å². The Balaban J connectivity index is 1.93. The second kappa shape index (κ2) is 6.81. The van der Waals surface area contributed by atoms with Gasteiger partial charge in [-0.15, -0.1) is 0 Å². The number of benzene rings is 1. The molecule has 4 nitrogen and oxygen atoms in total. The van der Waals surface area contributed by atoms with Crippen LogP contribution in [0.15, 0.2) is 42.6 Å². The highest BCUT2D eigenvalue weighted by Crippen LogP contribution is 2.19. The zero-order valence-electron chi connectivity index (χ0n) is 10.9. The molecule has 0 amide bonds. The largest absolute Gasteiger partial charge is 0.493 e. The lowest BCUT2D eigenvalue weighted by molar-refractivity contribution is 0.415. The molecule has 0 radical (unpaired) electrons. The normalized spacial score (nSPS) is 9.90. The van der Waals surface area contributed by atoms with Gasteiger partial charge in [0.15, 0.2) is 16.7 Å². The Bertz CT molecular complexity index is 606. The van der Waals surface area contributed by atoms with Crippen LogP contribution in [0.5, 0.6) is 5.75 Å². The molecule has 1 aromatic carbocycles. The molecule has 0 atom stereocenters. The third kappa shape index (κ3) is 3.89. The summed E-state index contributed by atoms with van der Waals surface area (Å²) in [7, 11) is 1.56. The number of aromatic nitrogens is 1. The maximum absolute atomic E-state index is 13.0. The Morgan fingerprint density at radius 1 is 1.35 bits per heavy atom. The molecule has 1 aromatic heterocycles. The van der Waals surface area contributed by atoms with Gasteiger partial charge >= 0.3 is 0 Å². The Labute approximate surface area is 122 Å². The van der Waals surface area contributed by atoms with Crippen LogP contribution in [0.3, 0.4) is 0 Å². The number of nitrogens with zero attached hydrogens (tertiary/aromatic N) is 1. The van der Waals surface area contributed by atoms with Crippen LogP contribution in [-0.2, 0) is 6.54 Å². The predicted octanol–water partition coefficient (Wildman–Crippen LogP) is 2.72. The van der Waals surface area contributed by atoms with Crippen molar-refractivity contribution in [2.24, 2.45) is 0 Å². The summed E-state index contributed by atoms with van der Waals surface area (Å²) in [6.45, 7) is 0.429. The molecule has 6 heteroatoms. The van der Waals surface area contributed by atoms with E-state index in [0.717, 1.165) is 5.56 Å². The second-order valence-electron chi connectivity index (χ2n) is 3.99. The summed E-state index contributed by atoms with van der Waals surface area (Å²) in [6.07, 6.45) is 1.64. The lowest BCUT2D eigenvalue weighted by atomic mass is 10.2. The molecule has 0 spiro atoms. The third-order valence-corrected chi connectivity index (χ3v) is 2.81. The molecule has 2 aromatic rings. The summed E-state index contributed by atoms with van der Waals surface area (Å²) in [5, 5.41) is 6.32. The fraction of sp³-hybridized carbons (Fsp3) is 0.143. The smallest absolute Gasteiger partial charge is 0.174 e. The summed E-state index contributed by atoms with van der Waals surface area (Å²) < 4.78 is 18.2. The molecular weight excluding hydrogens is 277 g/mol. The number of hydrogen-bond donors (Lipinski definition) is 2. The van der Waals surface area contributed by atoms with Crippen LogP contribution in [0.4, 0.5) is 10.2 Å². The molecule has 0 aliphatic carbocycles. The van der Waals surface area contributed by atoms with Gasteiger partial charge in [-0.2, -0.15) is 0 Å². The van der Waals surface area contributed by atoms with Gasteiger partial charge in [-0.05, 0) is 42.0 Å². The number of thiocarbonyl (C=S) groups is 1. The van der Waals surface area contributed by atoms with E-state index >= 15 is 0 Å². The van der Waals surface area contributed by atoms with Crippen molar-refractivity contribution in [3.05, 3.63) is 54.0 Å². The Morgan fingerprint density at radius 3 is 2.95 bits per heavy atom. The van der Waals surface area contributed by atoms with E-state index in [0.29, 0.717) is 23.2 Å². The number of methoxy groups -OCH3 is 1. The van der Waals surface area contributed by atoms with E-state index in [1.54, 1.807) is 31.5 Å². The summed E-state index contributed by atoms with van der Waals surface area (Å²) in [4.78, 5) is 4.13. The first kappa shape index (κ1) is 14.2. The van der Waals surface area contributed by atoms with Crippen molar-refractivity contribution < 1.29 is 9.13 Å². The Hall–Kier alpha value is -2.21. The van der Waals surface area contributed by atoms with Gasteiger partial charge in [0, 0.05) is 12.7 Å².